The molecule has 1 saturated heterocycles. The number of hydrogen-bond donors (Lipinski definition) is 1. The number of nitro benzene ring substituents is 1. The molecular formula is C29H28N4O4. The predicted octanol–water partition coefficient (Wildman–Crippen LogP) is 5.45. The number of fused-ring (bicyclic) bond motifs is 1. The van der Waals surface area contributed by atoms with Gasteiger partial charge in [-0.25, -0.2) is 4.90 Å². The number of likely N-dealkylation sites (tertiary alicyclic amines) is 1. The van der Waals surface area contributed by atoms with Crippen LogP contribution in [0.3, 0.4) is 0 Å². The van der Waals surface area contributed by atoms with E-state index in [9.17, 15) is 19.7 Å². The van der Waals surface area contributed by atoms with Crippen LogP contribution in [-0.4, -0.2) is 34.7 Å². The van der Waals surface area contributed by atoms with Crippen LogP contribution in [0.25, 0.3) is 11.3 Å². The topological polar surface area (TPSA) is 95.8 Å². The average Bonchev–Trinajstić information content (AvgIpc) is 3.20. The third-order valence-electron chi connectivity index (χ3n) is 6.82. The van der Waals surface area contributed by atoms with Gasteiger partial charge in [0.05, 0.1) is 21.9 Å². The molecule has 2 aliphatic heterocycles. The van der Waals surface area contributed by atoms with Gasteiger partial charge in [0.15, 0.2) is 0 Å². The fourth-order valence-electron chi connectivity index (χ4n) is 5.02. The summed E-state index contributed by atoms with van der Waals surface area (Å²) in [5.41, 5.74) is 3.96. The second kappa shape index (κ2) is 10.4. The molecule has 2 heterocycles. The number of carbonyl (C=O) groups is 2. The fourth-order valence-corrected chi connectivity index (χ4v) is 5.02. The van der Waals surface area contributed by atoms with Crippen LogP contribution in [-0.2, 0) is 16.1 Å². The van der Waals surface area contributed by atoms with E-state index in [-0.39, 0.29) is 11.3 Å². The lowest BCUT2D eigenvalue weighted by Crippen LogP contribution is -2.31. The summed E-state index contributed by atoms with van der Waals surface area (Å²) in [6.45, 7) is 4.44. The molecule has 0 bridgehead atoms. The van der Waals surface area contributed by atoms with Gasteiger partial charge in [-0.1, -0.05) is 48.9 Å². The molecule has 0 aliphatic carbocycles. The Balaban J connectivity index is 1.57. The van der Waals surface area contributed by atoms with Gasteiger partial charge >= 0.3 is 0 Å². The van der Waals surface area contributed by atoms with E-state index in [0.29, 0.717) is 16.9 Å². The van der Waals surface area contributed by atoms with Crippen LogP contribution in [0, 0.1) is 10.1 Å². The maximum atomic E-state index is 13.6. The molecule has 0 aromatic heterocycles. The Morgan fingerprint density at radius 1 is 0.973 bits per heavy atom. The first-order valence-corrected chi connectivity index (χ1v) is 12.4. The SMILES string of the molecule is CC(=O)N1C(=O)/C(=C(\Nc2ccc(CN3CCCCC3)cc2)c2ccccc2)c2cc([N+](=O)[O-])ccc21. The molecule has 0 saturated carbocycles. The Hall–Kier alpha value is -4.30. The average molecular weight is 497 g/mol. The number of nitro groups is 1. The van der Waals surface area contributed by atoms with Gasteiger partial charge in [-0.05, 0) is 55.3 Å². The number of nitrogens with zero attached hydrogens (tertiary/aromatic N) is 3. The Bertz CT molecular complexity index is 1380. The lowest BCUT2D eigenvalue weighted by atomic mass is 9.99. The molecule has 3 aromatic carbocycles. The molecule has 2 amide bonds. The van der Waals surface area contributed by atoms with E-state index in [2.05, 4.69) is 22.3 Å². The minimum Gasteiger partial charge on any atom is -0.354 e. The Morgan fingerprint density at radius 3 is 2.32 bits per heavy atom. The number of nitrogens with one attached hydrogen (secondary N) is 1. The number of anilines is 2. The molecule has 0 radical (unpaired) electrons. The standard InChI is InChI=1S/C29H28N4O4/c1-20(34)32-26-15-14-24(33(36)37)18-25(26)27(29(32)35)28(22-8-4-2-5-9-22)30-23-12-10-21(11-13-23)19-31-16-6-3-7-17-31/h2,4-5,8-15,18,30H,3,6-7,16-17,19H2,1H3/b28-27-. The van der Waals surface area contributed by atoms with Gasteiger partial charge in [0.25, 0.3) is 11.6 Å². The third-order valence-corrected chi connectivity index (χ3v) is 6.82. The van der Waals surface area contributed by atoms with Crippen LogP contribution < -0.4 is 10.2 Å². The fraction of sp³-hybridized carbons (Fsp3) is 0.241. The summed E-state index contributed by atoms with van der Waals surface area (Å²) in [7, 11) is 0. The quantitative estimate of drug-likeness (QED) is 0.277. The molecule has 188 valence electrons. The summed E-state index contributed by atoms with van der Waals surface area (Å²) in [6.07, 6.45) is 3.76. The van der Waals surface area contributed by atoms with Crippen molar-refractivity contribution in [2.75, 3.05) is 23.3 Å². The van der Waals surface area contributed by atoms with E-state index in [1.165, 1.54) is 49.9 Å². The van der Waals surface area contributed by atoms with E-state index in [1.807, 2.05) is 42.5 Å². The van der Waals surface area contributed by atoms with Crippen molar-refractivity contribution in [2.45, 2.75) is 32.7 Å². The lowest BCUT2D eigenvalue weighted by Gasteiger charge is -2.26. The molecule has 37 heavy (non-hydrogen) atoms. The molecule has 8 nitrogen and oxygen atoms in total. The van der Waals surface area contributed by atoms with Crippen molar-refractivity contribution in [1.29, 1.82) is 0 Å². The number of imide groups is 1. The highest BCUT2D eigenvalue weighted by Crippen LogP contribution is 2.42. The normalized spacial score (nSPS) is 16.9. The van der Waals surface area contributed by atoms with Gasteiger partial charge < -0.3 is 5.32 Å². The summed E-state index contributed by atoms with van der Waals surface area (Å²) in [5, 5.41) is 14.9. The van der Waals surface area contributed by atoms with Crippen LogP contribution in [0.4, 0.5) is 17.1 Å². The molecular weight excluding hydrogens is 468 g/mol. The van der Waals surface area contributed by atoms with E-state index < -0.39 is 16.7 Å². The van der Waals surface area contributed by atoms with E-state index in [0.717, 1.165) is 35.8 Å². The van der Waals surface area contributed by atoms with Crippen molar-refractivity contribution >= 4 is 40.1 Å². The molecule has 0 spiro atoms. The first-order chi connectivity index (χ1) is 17.9. The summed E-state index contributed by atoms with van der Waals surface area (Å²) in [6, 6.07) is 21.5. The highest BCUT2D eigenvalue weighted by molar-refractivity contribution is 6.43. The maximum absolute atomic E-state index is 13.6. The van der Waals surface area contributed by atoms with Crippen LogP contribution in [0.5, 0.6) is 0 Å². The molecule has 2 aliphatic rings. The zero-order chi connectivity index (χ0) is 25.9. The Morgan fingerprint density at radius 2 is 1.68 bits per heavy atom. The van der Waals surface area contributed by atoms with Crippen molar-refractivity contribution < 1.29 is 14.5 Å². The van der Waals surface area contributed by atoms with Crippen molar-refractivity contribution in [2.24, 2.45) is 0 Å². The monoisotopic (exact) mass is 496 g/mol. The lowest BCUT2D eigenvalue weighted by molar-refractivity contribution is -0.384. The second-order valence-corrected chi connectivity index (χ2v) is 9.39. The van der Waals surface area contributed by atoms with E-state index >= 15 is 0 Å². The van der Waals surface area contributed by atoms with Gasteiger partial charge in [0.2, 0.25) is 5.91 Å². The number of benzene rings is 3. The summed E-state index contributed by atoms with van der Waals surface area (Å²) >= 11 is 0. The number of rotatable bonds is 6. The second-order valence-electron chi connectivity index (χ2n) is 9.39. The number of non-ortho nitro benzene ring substituents is 1. The van der Waals surface area contributed by atoms with Crippen molar-refractivity contribution in [3.8, 4) is 0 Å². The van der Waals surface area contributed by atoms with Crippen molar-refractivity contribution in [1.82, 2.24) is 4.90 Å². The van der Waals surface area contributed by atoms with Gasteiger partial charge in [-0.15, -0.1) is 0 Å². The van der Waals surface area contributed by atoms with Gasteiger partial charge in [0.1, 0.15) is 0 Å². The molecule has 0 unspecified atom stereocenters. The third kappa shape index (κ3) is 5.01. The predicted molar refractivity (Wildman–Crippen MR) is 144 cm³/mol. The maximum Gasteiger partial charge on any atom is 0.270 e. The molecule has 5 rings (SSSR count). The number of amides is 2. The molecule has 3 aromatic rings. The molecule has 0 atom stereocenters. The number of piperidine rings is 1. The minimum atomic E-state index is -0.518. The Kier molecular flexibility index (Phi) is 6.83. The van der Waals surface area contributed by atoms with Crippen LogP contribution in [0.2, 0.25) is 0 Å². The Labute approximate surface area is 215 Å². The summed E-state index contributed by atoms with van der Waals surface area (Å²) in [4.78, 5) is 40.6. The number of hydrogen-bond acceptors (Lipinski definition) is 6. The van der Waals surface area contributed by atoms with Gasteiger partial charge in [-0.2, -0.15) is 0 Å². The minimum absolute atomic E-state index is 0.149. The van der Waals surface area contributed by atoms with Crippen LogP contribution in [0.1, 0.15) is 42.9 Å². The zero-order valence-corrected chi connectivity index (χ0v) is 20.6. The van der Waals surface area contributed by atoms with E-state index in [4.69, 9.17) is 0 Å². The van der Waals surface area contributed by atoms with E-state index in [1.54, 1.807) is 0 Å². The van der Waals surface area contributed by atoms with Crippen molar-refractivity contribution in [3.05, 3.63) is 99.6 Å². The largest absolute Gasteiger partial charge is 0.354 e. The summed E-state index contributed by atoms with van der Waals surface area (Å²) < 4.78 is 0. The smallest absolute Gasteiger partial charge is 0.270 e. The van der Waals surface area contributed by atoms with Crippen molar-refractivity contribution in [3.63, 3.8) is 0 Å². The number of carbonyl (C=O) groups excluding carboxylic acids is 2. The van der Waals surface area contributed by atoms with Gasteiger partial charge in [0, 0.05) is 36.9 Å². The summed E-state index contributed by atoms with van der Waals surface area (Å²) in [5.74, 6) is -0.972. The van der Waals surface area contributed by atoms with Crippen LogP contribution in [0.15, 0.2) is 72.8 Å². The first kappa shape index (κ1) is 24.4. The highest BCUT2D eigenvalue weighted by Gasteiger charge is 2.38. The molecule has 8 heteroatoms. The zero-order valence-electron chi connectivity index (χ0n) is 20.6. The van der Waals surface area contributed by atoms with Crippen LogP contribution >= 0.6 is 0 Å². The highest BCUT2D eigenvalue weighted by atomic mass is 16.6. The molecule has 1 fully saturated rings. The first-order valence-electron chi connectivity index (χ1n) is 12.4. The van der Waals surface area contributed by atoms with Gasteiger partial charge in [-0.3, -0.25) is 24.6 Å². The molecule has 1 N–H and O–H groups in total.